The van der Waals surface area contributed by atoms with Crippen LogP contribution in [0.1, 0.15) is 12.5 Å². The second-order valence-electron chi connectivity index (χ2n) is 8.84. The number of para-hydroxylation sites is 1. The van der Waals surface area contributed by atoms with Gasteiger partial charge in [0.05, 0.1) is 10.6 Å². The van der Waals surface area contributed by atoms with E-state index in [1.807, 2.05) is 43.3 Å². The van der Waals surface area contributed by atoms with Gasteiger partial charge < -0.3 is 9.88 Å². The summed E-state index contributed by atoms with van der Waals surface area (Å²) in [5.74, 6) is -1.04. The Bertz CT molecular complexity index is 1710. The van der Waals surface area contributed by atoms with Gasteiger partial charge in [-0.3, -0.25) is 9.10 Å². The second kappa shape index (κ2) is 9.71. The summed E-state index contributed by atoms with van der Waals surface area (Å²) in [5.41, 5.74) is 4.03. The monoisotopic (exact) mass is 515 g/mol. The molecule has 4 aromatic carbocycles. The van der Waals surface area contributed by atoms with Crippen molar-refractivity contribution in [2.45, 2.75) is 25.3 Å². The lowest BCUT2D eigenvalue weighted by atomic mass is 10.1. The van der Waals surface area contributed by atoms with Gasteiger partial charge in [0.2, 0.25) is 5.91 Å². The molecular weight excluding hydrogens is 489 g/mol. The zero-order chi connectivity index (χ0) is 26.2. The highest BCUT2D eigenvalue weighted by Gasteiger charge is 2.27. The van der Waals surface area contributed by atoms with Gasteiger partial charge in [-0.05, 0) is 74.5 Å². The van der Waals surface area contributed by atoms with Gasteiger partial charge in [-0.1, -0.05) is 35.9 Å². The molecule has 0 atom stereocenters. The van der Waals surface area contributed by atoms with Gasteiger partial charge in [0, 0.05) is 34.0 Å². The largest absolute Gasteiger partial charge is 0.341 e. The highest BCUT2D eigenvalue weighted by atomic mass is 32.2. The van der Waals surface area contributed by atoms with Gasteiger partial charge >= 0.3 is 0 Å². The smallest absolute Gasteiger partial charge is 0.264 e. The minimum atomic E-state index is -4.13. The number of hydrogen-bond acceptors (Lipinski definition) is 3. The van der Waals surface area contributed by atoms with Gasteiger partial charge in [0.15, 0.2) is 0 Å². The first-order valence-electron chi connectivity index (χ1n) is 11.9. The van der Waals surface area contributed by atoms with Crippen molar-refractivity contribution in [3.63, 3.8) is 0 Å². The van der Waals surface area contributed by atoms with Crippen molar-refractivity contribution in [1.29, 1.82) is 0 Å². The fraction of sp³-hybridized carbons (Fsp3) is 0.138. The lowest BCUT2D eigenvalue weighted by Gasteiger charge is -2.24. The minimum Gasteiger partial charge on any atom is -0.341 e. The van der Waals surface area contributed by atoms with E-state index in [-0.39, 0.29) is 4.90 Å². The molecule has 0 spiro atoms. The van der Waals surface area contributed by atoms with Crippen LogP contribution in [0, 0.1) is 12.7 Å². The molecular formula is C29H26FN3O3S. The quantitative estimate of drug-likeness (QED) is 0.285. The van der Waals surface area contributed by atoms with E-state index in [9.17, 15) is 17.6 Å². The summed E-state index contributed by atoms with van der Waals surface area (Å²) in [6.07, 6.45) is 0. The van der Waals surface area contributed by atoms with E-state index in [1.54, 1.807) is 24.3 Å². The van der Waals surface area contributed by atoms with E-state index < -0.39 is 28.3 Å². The molecule has 0 radical (unpaired) electrons. The first kappa shape index (κ1) is 24.5. The number of amides is 1. The normalized spacial score (nSPS) is 11.6. The molecule has 0 saturated carbocycles. The van der Waals surface area contributed by atoms with Crippen LogP contribution in [0.3, 0.4) is 0 Å². The molecule has 8 heteroatoms. The second-order valence-corrected chi connectivity index (χ2v) is 10.7. The summed E-state index contributed by atoms with van der Waals surface area (Å²) in [6.45, 7) is 4.34. The molecule has 0 aliphatic carbocycles. The van der Waals surface area contributed by atoms with Crippen molar-refractivity contribution >= 4 is 49.1 Å². The Labute approximate surface area is 215 Å². The molecule has 0 saturated heterocycles. The Morgan fingerprint density at radius 1 is 0.892 bits per heavy atom. The summed E-state index contributed by atoms with van der Waals surface area (Å²) < 4.78 is 43.7. The van der Waals surface area contributed by atoms with Gasteiger partial charge in [-0.25, -0.2) is 12.8 Å². The van der Waals surface area contributed by atoms with Crippen molar-refractivity contribution in [3.8, 4) is 0 Å². The number of carbonyl (C=O) groups is 1. The average Bonchev–Trinajstić information content (AvgIpc) is 3.21. The maximum atomic E-state index is 13.5. The summed E-state index contributed by atoms with van der Waals surface area (Å²) in [6, 6.07) is 25.2. The zero-order valence-electron chi connectivity index (χ0n) is 20.5. The minimum absolute atomic E-state index is 0.101. The van der Waals surface area contributed by atoms with Crippen molar-refractivity contribution in [2.24, 2.45) is 0 Å². The third-order valence-corrected chi connectivity index (χ3v) is 8.17. The van der Waals surface area contributed by atoms with Crippen molar-refractivity contribution in [1.82, 2.24) is 4.57 Å². The Balaban J connectivity index is 1.47. The maximum Gasteiger partial charge on any atom is 0.264 e. The van der Waals surface area contributed by atoms with E-state index in [0.29, 0.717) is 11.4 Å². The van der Waals surface area contributed by atoms with Crippen LogP contribution in [0.25, 0.3) is 21.8 Å². The number of halogens is 1. The van der Waals surface area contributed by atoms with Gasteiger partial charge in [0.25, 0.3) is 10.0 Å². The Hall–Kier alpha value is -4.17. The molecule has 0 bridgehead atoms. The molecule has 5 aromatic rings. The van der Waals surface area contributed by atoms with E-state index >= 15 is 0 Å². The summed E-state index contributed by atoms with van der Waals surface area (Å²) in [5, 5.41) is 4.94. The first-order valence-corrected chi connectivity index (χ1v) is 13.4. The highest BCUT2D eigenvalue weighted by Crippen LogP contribution is 2.31. The van der Waals surface area contributed by atoms with Gasteiger partial charge in [-0.15, -0.1) is 0 Å². The standard InChI is InChI=1S/C29H26FN3O3S/c1-3-32-27-7-5-4-6-25(27)26-18-22(12-17-28(26)32)31-29(34)19-33(23-13-8-20(2)9-14-23)37(35,36)24-15-10-21(30)11-16-24/h4-18H,3,19H2,1-2H3,(H,31,34). The average molecular weight is 516 g/mol. The fourth-order valence-corrected chi connectivity index (χ4v) is 5.98. The number of nitrogens with one attached hydrogen (secondary N) is 1. The van der Waals surface area contributed by atoms with E-state index in [2.05, 4.69) is 22.9 Å². The van der Waals surface area contributed by atoms with E-state index in [0.717, 1.165) is 50.4 Å². The number of aryl methyl sites for hydroxylation is 2. The van der Waals surface area contributed by atoms with Crippen LogP contribution in [0.15, 0.2) is 95.9 Å². The number of benzene rings is 4. The number of sulfonamides is 1. The predicted octanol–water partition coefficient (Wildman–Crippen LogP) is 6.10. The molecule has 1 amide bonds. The number of carbonyl (C=O) groups excluding carboxylic acids is 1. The molecule has 0 fully saturated rings. The van der Waals surface area contributed by atoms with Gasteiger partial charge in [-0.2, -0.15) is 0 Å². The molecule has 1 N–H and O–H groups in total. The van der Waals surface area contributed by atoms with E-state index in [1.165, 1.54) is 12.1 Å². The van der Waals surface area contributed by atoms with Crippen LogP contribution in [0.5, 0.6) is 0 Å². The van der Waals surface area contributed by atoms with Crippen LogP contribution in [0.2, 0.25) is 0 Å². The summed E-state index contributed by atoms with van der Waals surface area (Å²) in [7, 11) is -4.13. The maximum absolute atomic E-state index is 13.5. The summed E-state index contributed by atoms with van der Waals surface area (Å²) in [4.78, 5) is 13.1. The summed E-state index contributed by atoms with van der Waals surface area (Å²) >= 11 is 0. The highest BCUT2D eigenvalue weighted by molar-refractivity contribution is 7.92. The third-order valence-electron chi connectivity index (χ3n) is 6.38. The Morgan fingerprint density at radius 2 is 1.57 bits per heavy atom. The molecule has 6 nitrogen and oxygen atoms in total. The lowest BCUT2D eigenvalue weighted by Crippen LogP contribution is -2.38. The molecule has 0 aliphatic rings. The van der Waals surface area contributed by atoms with Crippen LogP contribution in [0.4, 0.5) is 15.8 Å². The number of aromatic nitrogens is 1. The molecule has 0 unspecified atom stereocenters. The van der Waals surface area contributed by atoms with Crippen molar-refractivity contribution in [3.05, 3.63) is 102 Å². The van der Waals surface area contributed by atoms with Crippen LogP contribution in [-0.4, -0.2) is 25.4 Å². The molecule has 0 aliphatic heterocycles. The van der Waals surface area contributed by atoms with E-state index in [4.69, 9.17) is 0 Å². The SMILES string of the molecule is CCn1c2ccccc2c2cc(NC(=O)CN(c3ccc(C)cc3)S(=O)(=O)c3ccc(F)cc3)ccc21. The number of hydrogen-bond donors (Lipinski definition) is 1. The predicted molar refractivity (Wildman–Crippen MR) is 146 cm³/mol. The lowest BCUT2D eigenvalue weighted by molar-refractivity contribution is -0.114. The topological polar surface area (TPSA) is 71.4 Å². The molecule has 188 valence electrons. The first-order chi connectivity index (χ1) is 17.8. The Kier molecular flexibility index (Phi) is 6.43. The third kappa shape index (κ3) is 4.68. The van der Waals surface area contributed by atoms with Crippen molar-refractivity contribution in [2.75, 3.05) is 16.2 Å². The Morgan fingerprint density at radius 3 is 2.27 bits per heavy atom. The zero-order valence-corrected chi connectivity index (χ0v) is 21.3. The number of anilines is 2. The molecule has 37 heavy (non-hydrogen) atoms. The van der Waals surface area contributed by atoms with Crippen LogP contribution < -0.4 is 9.62 Å². The van der Waals surface area contributed by atoms with Crippen LogP contribution >= 0.6 is 0 Å². The molecule has 1 heterocycles. The number of rotatable bonds is 7. The van der Waals surface area contributed by atoms with Crippen LogP contribution in [-0.2, 0) is 21.4 Å². The number of fused-ring (bicyclic) bond motifs is 3. The molecule has 5 rings (SSSR count). The number of nitrogens with zero attached hydrogens (tertiary/aromatic N) is 2. The molecule has 1 aromatic heterocycles. The van der Waals surface area contributed by atoms with Gasteiger partial charge in [0.1, 0.15) is 12.4 Å². The van der Waals surface area contributed by atoms with Crippen molar-refractivity contribution < 1.29 is 17.6 Å². The fourth-order valence-electron chi connectivity index (χ4n) is 4.56.